The minimum absolute atomic E-state index is 0.0498. The second kappa shape index (κ2) is 6.83. The number of hydrogen-bond acceptors (Lipinski definition) is 3. The van der Waals surface area contributed by atoms with Crippen molar-refractivity contribution in [1.82, 2.24) is 9.38 Å². The van der Waals surface area contributed by atoms with Gasteiger partial charge in [0, 0.05) is 11.8 Å². The monoisotopic (exact) mass is 400 g/mol. The first-order valence-corrected chi connectivity index (χ1v) is 9.14. The fraction of sp³-hybridized carbons (Fsp3) is 0.150. The molecule has 0 fully saturated rings. The molecule has 27 heavy (non-hydrogen) atoms. The number of nitrogens with zero attached hydrogens (tertiary/aromatic N) is 2. The molecule has 5 nitrogen and oxygen atoms in total. The highest BCUT2D eigenvalue weighted by atomic mass is 35.5. The first kappa shape index (κ1) is 17.8. The largest absolute Gasteiger partial charge is 0.478 e. The summed E-state index contributed by atoms with van der Waals surface area (Å²) in [5.74, 6) is -1.08. The molecule has 1 aliphatic rings. The Balaban J connectivity index is 1.89. The van der Waals surface area contributed by atoms with Crippen molar-refractivity contribution in [3.05, 3.63) is 79.3 Å². The topological polar surface area (TPSA) is 71.7 Å². The van der Waals surface area contributed by atoms with Crippen LogP contribution in [0, 0.1) is 0 Å². The van der Waals surface area contributed by atoms with E-state index in [1.807, 2.05) is 12.1 Å². The van der Waals surface area contributed by atoms with Crippen LogP contribution in [-0.2, 0) is 6.42 Å². The van der Waals surface area contributed by atoms with Crippen molar-refractivity contribution < 1.29 is 9.90 Å². The van der Waals surface area contributed by atoms with Crippen molar-refractivity contribution in [2.75, 3.05) is 0 Å². The van der Waals surface area contributed by atoms with E-state index in [-0.39, 0.29) is 11.1 Å². The normalized spacial score (nSPS) is 15.1. The van der Waals surface area contributed by atoms with Gasteiger partial charge in [0.2, 0.25) is 0 Å². The summed E-state index contributed by atoms with van der Waals surface area (Å²) in [4.78, 5) is 28.7. The molecule has 0 radical (unpaired) electrons. The lowest BCUT2D eigenvalue weighted by Crippen LogP contribution is -2.25. The lowest BCUT2D eigenvalue weighted by atomic mass is 9.91. The molecule has 1 aromatic carbocycles. The molecule has 2 heterocycles. The summed E-state index contributed by atoms with van der Waals surface area (Å²) < 4.78 is 1.31. The number of aromatic nitrogens is 2. The van der Waals surface area contributed by atoms with Crippen LogP contribution >= 0.6 is 23.2 Å². The van der Waals surface area contributed by atoms with Crippen molar-refractivity contribution in [3.63, 3.8) is 0 Å². The number of carboxylic acid groups (broad SMARTS) is 1. The van der Waals surface area contributed by atoms with Crippen molar-refractivity contribution >= 4 is 46.5 Å². The molecule has 0 saturated heterocycles. The fourth-order valence-electron chi connectivity index (χ4n) is 3.31. The summed E-state index contributed by atoms with van der Waals surface area (Å²) in [5.41, 5.74) is 3.36. The minimum atomic E-state index is -1.08. The molecule has 0 aliphatic heterocycles. The average molecular weight is 401 g/mol. The Morgan fingerprint density at radius 2 is 1.96 bits per heavy atom. The van der Waals surface area contributed by atoms with Crippen molar-refractivity contribution in [3.8, 4) is 0 Å². The quantitative estimate of drug-likeness (QED) is 0.683. The van der Waals surface area contributed by atoms with Crippen molar-refractivity contribution in [2.45, 2.75) is 19.3 Å². The summed E-state index contributed by atoms with van der Waals surface area (Å²) >= 11 is 12.1. The van der Waals surface area contributed by atoms with Crippen LogP contribution in [0.3, 0.4) is 0 Å². The Morgan fingerprint density at radius 1 is 1.15 bits per heavy atom. The van der Waals surface area contributed by atoms with E-state index in [0.717, 1.165) is 24.0 Å². The number of carbonyl (C=O) groups is 1. The van der Waals surface area contributed by atoms with E-state index in [4.69, 9.17) is 28.3 Å². The zero-order valence-electron chi connectivity index (χ0n) is 14.1. The smallest absolute Gasteiger partial charge is 0.337 e. The molecule has 1 aliphatic carbocycles. The summed E-state index contributed by atoms with van der Waals surface area (Å²) in [7, 11) is 0. The van der Waals surface area contributed by atoms with Crippen LogP contribution in [0.25, 0.3) is 17.3 Å². The van der Waals surface area contributed by atoms with Gasteiger partial charge in [-0.3, -0.25) is 9.20 Å². The van der Waals surface area contributed by atoms with Gasteiger partial charge in [0.05, 0.1) is 21.3 Å². The highest BCUT2D eigenvalue weighted by molar-refractivity contribution is 6.42. The van der Waals surface area contributed by atoms with Gasteiger partial charge in [0.15, 0.2) is 0 Å². The number of hydrogen-bond donors (Lipinski definition) is 1. The predicted octanol–water partition coefficient (Wildman–Crippen LogP) is 4.58. The highest BCUT2D eigenvalue weighted by Gasteiger charge is 2.21. The second-order valence-corrected chi connectivity index (χ2v) is 7.21. The van der Waals surface area contributed by atoms with Crippen molar-refractivity contribution in [2.24, 2.45) is 0 Å². The average Bonchev–Trinajstić information content (AvgIpc) is 2.65. The first-order chi connectivity index (χ1) is 12.9. The fourth-order valence-corrected chi connectivity index (χ4v) is 3.62. The number of benzene rings is 1. The molecule has 1 N–H and O–H groups in total. The van der Waals surface area contributed by atoms with Crippen molar-refractivity contribution in [1.29, 1.82) is 0 Å². The van der Waals surface area contributed by atoms with Gasteiger partial charge in [-0.2, -0.15) is 0 Å². The van der Waals surface area contributed by atoms with E-state index < -0.39 is 5.97 Å². The molecule has 4 rings (SSSR count). The molecular formula is C20H14Cl2N2O3. The highest BCUT2D eigenvalue weighted by Crippen LogP contribution is 2.31. The molecule has 3 aromatic rings. The van der Waals surface area contributed by atoms with Crippen LogP contribution in [0.2, 0.25) is 10.0 Å². The Hall–Kier alpha value is -2.63. The van der Waals surface area contributed by atoms with Crippen LogP contribution in [0.4, 0.5) is 0 Å². The van der Waals surface area contributed by atoms with Gasteiger partial charge in [0.25, 0.3) is 5.56 Å². The lowest BCUT2D eigenvalue weighted by Gasteiger charge is -2.18. The second-order valence-electron chi connectivity index (χ2n) is 6.39. The maximum absolute atomic E-state index is 12.9. The van der Waals surface area contributed by atoms with Crippen LogP contribution in [0.15, 0.2) is 41.3 Å². The van der Waals surface area contributed by atoms with E-state index >= 15 is 0 Å². The molecule has 0 amide bonds. The van der Waals surface area contributed by atoms with E-state index in [9.17, 15) is 9.59 Å². The number of fused-ring (bicyclic) bond motifs is 2. The van der Waals surface area contributed by atoms with Gasteiger partial charge >= 0.3 is 5.97 Å². The van der Waals surface area contributed by atoms with Gasteiger partial charge in [-0.15, -0.1) is 0 Å². The third-order valence-electron chi connectivity index (χ3n) is 4.62. The Bertz CT molecular complexity index is 1180. The Kier molecular flexibility index (Phi) is 4.50. The Morgan fingerprint density at radius 3 is 2.70 bits per heavy atom. The molecule has 2 aromatic heterocycles. The standard InChI is InChI=1S/C20H14Cl2N2O3/c21-15-6-4-11(9-16(15)22)8-12-2-1-3-14-18(12)23-17-7-5-13(20(26)27)10-24(17)19(14)25/h4-10H,1-3H2,(H,26,27). The molecular weight excluding hydrogens is 387 g/mol. The van der Waals surface area contributed by atoms with Gasteiger partial charge in [-0.05, 0) is 60.7 Å². The number of pyridine rings is 1. The number of carboxylic acids is 1. The van der Waals surface area contributed by atoms with Gasteiger partial charge in [0.1, 0.15) is 5.65 Å². The SMILES string of the molecule is O=C(O)c1ccc2nc3c(c(=O)n2c1)CCCC3=Cc1ccc(Cl)c(Cl)c1. The maximum Gasteiger partial charge on any atom is 0.337 e. The third-order valence-corrected chi connectivity index (χ3v) is 5.36. The number of rotatable bonds is 2. The van der Waals surface area contributed by atoms with Crippen LogP contribution < -0.4 is 5.56 Å². The molecule has 0 bridgehead atoms. The number of aromatic carboxylic acids is 1. The third kappa shape index (κ3) is 3.24. The van der Waals surface area contributed by atoms with Crippen LogP contribution in [0.5, 0.6) is 0 Å². The van der Waals surface area contributed by atoms with Crippen LogP contribution in [0.1, 0.15) is 40.0 Å². The first-order valence-electron chi connectivity index (χ1n) is 8.38. The Labute approximate surface area is 164 Å². The van der Waals surface area contributed by atoms with Gasteiger partial charge in [-0.1, -0.05) is 29.3 Å². The molecule has 0 spiro atoms. The zero-order chi connectivity index (χ0) is 19.1. The van der Waals surface area contributed by atoms with E-state index in [0.29, 0.717) is 33.4 Å². The maximum atomic E-state index is 12.9. The number of allylic oxidation sites excluding steroid dienone is 1. The summed E-state index contributed by atoms with van der Waals surface area (Å²) in [5, 5.41) is 10.1. The molecule has 0 saturated carbocycles. The summed E-state index contributed by atoms with van der Waals surface area (Å²) in [6.07, 6.45) is 5.52. The van der Waals surface area contributed by atoms with Gasteiger partial charge < -0.3 is 5.11 Å². The molecule has 0 atom stereocenters. The summed E-state index contributed by atoms with van der Waals surface area (Å²) in [6, 6.07) is 8.37. The molecule has 0 unspecified atom stereocenters. The minimum Gasteiger partial charge on any atom is -0.478 e. The molecule has 7 heteroatoms. The summed E-state index contributed by atoms with van der Waals surface area (Å²) in [6.45, 7) is 0. The molecule has 136 valence electrons. The predicted molar refractivity (Wildman–Crippen MR) is 106 cm³/mol. The van der Waals surface area contributed by atoms with E-state index in [2.05, 4.69) is 4.98 Å². The lowest BCUT2D eigenvalue weighted by molar-refractivity contribution is 0.0696. The van der Waals surface area contributed by atoms with E-state index in [1.165, 1.54) is 16.7 Å². The number of halogens is 2. The van der Waals surface area contributed by atoms with Crippen LogP contribution in [-0.4, -0.2) is 20.5 Å². The van der Waals surface area contributed by atoms with E-state index in [1.54, 1.807) is 18.2 Å². The van der Waals surface area contributed by atoms with Gasteiger partial charge in [-0.25, -0.2) is 9.78 Å². The zero-order valence-corrected chi connectivity index (χ0v) is 15.6.